The van der Waals surface area contributed by atoms with Crippen molar-refractivity contribution in [2.75, 3.05) is 13.1 Å². The van der Waals surface area contributed by atoms with Crippen molar-refractivity contribution in [2.24, 2.45) is 17.4 Å². The number of unbranched alkanes of at least 4 members (excludes halogenated alkanes) is 3. The zero-order valence-corrected chi connectivity index (χ0v) is 10.8. The number of amides is 1. The van der Waals surface area contributed by atoms with Crippen LogP contribution in [-0.2, 0) is 4.79 Å². The molecule has 0 radical (unpaired) electrons. The summed E-state index contributed by atoms with van der Waals surface area (Å²) in [4.78, 5) is 11.7. The van der Waals surface area contributed by atoms with Crippen molar-refractivity contribution in [3.63, 3.8) is 0 Å². The lowest BCUT2D eigenvalue weighted by Gasteiger charge is -2.19. The highest BCUT2D eigenvalue weighted by molar-refractivity contribution is 5.76. The molecule has 1 aliphatic rings. The van der Waals surface area contributed by atoms with Gasteiger partial charge in [0.05, 0.1) is 0 Å². The summed E-state index contributed by atoms with van der Waals surface area (Å²) in [6.45, 7) is 1.45. The van der Waals surface area contributed by atoms with E-state index in [2.05, 4.69) is 5.32 Å². The van der Waals surface area contributed by atoms with Crippen molar-refractivity contribution < 1.29 is 4.79 Å². The number of hydrogen-bond acceptors (Lipinski definition) is 3. The molecule has 0 bridgehead atoms. The van der Waals surface area contributed by atoms with Gasteiger partial charge in [0.2, 0.25) is 5.91 Å². The Morgan fingerprint density at radius 2 is 1.88 bits per heavy atom. The smallest absolute Gasteiger partial charge is 0.220 e. The number of nitrogens with one attached hydrogen (secondary N) is 1. The number of carbonyl (C=O) groups excluding carboxylic acids is 1. The highest BCUT2D eigenvalue weighted by Crippen LogP contribution is 2.24. The second-order valence-electron chi connectivity index (χ2n) is 5.05. The Morgan fingerprint density at radius 3 is 2.59 bits per heavy atom. The molecule has 0 aromatic heterocycles. The molecule has 2 atom stereocenters. The van der Waals surface area contributed by atoms with E-state index < -0.39 is 0 Å². The van der Waals surface area contributed by atoms with Crippen LogP contribution in [0.25, 0.3) is 0 Å². The molecule has 4 heteroatoms. The summed E-state index contributed by atoms with van der Waals surface area (Å²) in [6, 6.07) is 0.330. The Morgan fingerprint density at radius 1 is 1.12 bits per heavy atom. The molecule has 0 aromatic carbocycles. The van der Waals surface area contributed by atoms with Crippen LogP contribution < -0.4 is 16.8 Å². The predicted molar refractivity (Wildman–Crippen MR) is 70.5 cm³/mol. The van der Waals surface area contributed by atoms with Crippen LogP contribution in [0.3, 0.4) is 0 Å². The van der Waals surface area contributed by atoms with Gasteiger partial charge in [0.15, 0.2) is 0 Å². The van der Waals surface area contributed by atoms with Gasteiger partial charge in [0.25, 0.3) is 0 Å². The maximum Gasteiger partial charge on any atom is 0.220 e. The van der Waals surface area contributed by atoms with Crippen molar-refractivity contribution in [3.05, 3.63) is 0 Å². The number of carbonyl (C=O) groups is 1. The average molecular weight is 241 g/mol. The maximum atomic E-state index is 11.7. The lowest BCUT2D eigenvalue weighted by atomic mass is 10.0. The van der Waals surface area contributed by atoms with Crippen molar-refractivity contribution in [3.8, 4) is 0 Å². The van der Waals surface area contributed by atoms with Gasteiger partial charge in [-0.15, -0.1) is 0 Å². The minimum Gasteiger partial charge on any atom is -0.353 e. The summed E-state index contributed by atoms with van der Waals surface area (Å²) in [5, 5.41) is 3.13. The highest BCUT2D eigenvalue weighted by atomic mass is 16.1. The highest BCUT2D eigenvalue weighted by Gasteiger charge is 2.26. The van der Waals surface area contributed by atoms with Crippen molar-refractivity contribution >= 4 is 5.91 Å². The Balaban J connectivity index is 2.08. The zero-order chi connectivity index (χ0) is 12.5. The number of rotatable bonds is 8. The van der Waals surface area contributed by atoms with Gasteiger partial charge in [-0.05, 0) is 44.7 Å². The molecule has 1 fully saturated rings. The van der Waals surface area contributed by atoms with Crippen molar-refractivity contribution in [1.29, 1.82) is 0 Å². The fraction of sp³-hybridized carbons (Fsp3) is 0.923. The molecule has 1 saturated carbocycles. The fourth-order valence-electron chi connectivity index (χ4n) is 2.57. The lowest BCUT2D eigenvalue weighted by molar-refractivity contribution is -0.122. The van der Waals surface area contributed by atoms with Gasteiger partial charge in [0, 0.05) is 12.5 Å². The first-order chi connectivity index (χ1) is 8.27. The van der Waals surface area contributed by atoms with Crippen LogP contribution in [0, 0.1) is 5.92 Å². The van der Waals surface area contributed by atoms with E-state index in [0.29, 0.717) is 24.9 Å². The van der Waals surface area contributed by atoms with Crippen LogP contribution in [0.4, 0.5) is 0 Å². The predicted octanol–water partition coefficient (Wildman–Crippen LogP) is 1.14. The minimum atomic E-state index is 0.197. The van der Waals surface area contributed by atoms with Crippen LogP contribution in [0.1, 0.15) is 51.4 Å². The molecule has 0 aromatic rings. The van der Waals surface area contributed by atoms with Crippen LogP contribution in [-0.4, -0.2) is 25.0 Å². The molecule has 4 nitrogen and oxygen atoms in total. The first kappa shape index (κ1) is 14.5. The van der Waals surface area contributed by atoms with Gasteiger partial charge in [0.1, 0.15) is 0 Å². The molecule has 1 amide bonds. The van der Waals surface area contributed by atoms with Gasteiger partial charge in [-0.1, -0.05) is 19.3 Å². The maximum absolute atomic E-state index is 11.7. The molecule has 1 rings (SSSR count). The fourth-order valence-corrected chi connectivity index (χ4v) is 2.57. The largest absolute Gasteiger partial charge is 0.353 e. The van der Waals surface area contributed by atoms with Gasteiger partial charge < -0.3 is 16.8 Å². The minimum absolute atomic E-state index is 0.197. The Labute approximate surface area is 105 Å². The summed E-state index contributed by atoms with van der Waals surface area (Å²) in [6.07, 6.45) is 8.40. The third kappa shape index (κ3) is 5.50. The molecule has 17 heavy (non-hydrogen) atoms. The van der Waals surface area contributed by atoms with Gasteiger partial charge >= 0.3 is 0 Å². The quantitative estimate of drug-likeness (QED) is 0.557. The molecule has 1 aliphatic carbocycles. The average Bonchev–Trinajstić information content (AvgIpc) is 2.76. The first-order valence-corrected chi connectivity index (χ1v) is 6.97. The number of nitrogens with two attached hydrogens (primary N) is 2. The van der Waals surface area contributed by atoms with Crippen LogP contribution in [0.2, 0.25) is 0 Å². The third-order valence-corrected chi connectivity index (χ3v) is 3.67. The Kier molecular flexibility index (Phi) is 7.21. The second-order valence-corrected chi connectivity index (χ2v) is 5.05. The van der Waals surface area contributed by atoms with Crippen molar-refractivity contribution in [1.82, 2.24) is 5.32 Å². The SMILES string of the molecule is NCCCCCCC(=O)NC1CCCC1CN. The van der Waals surface area contributed by atoms with E-state index in [1.807, 2.05) is 0 Å². The summed E-state index contributed by atoms with van der Waals surface area (Å²) < 4.78 is 0. The van der Waals surface area contributed by atoms with E-state index in [0.717, 1.165) is 45.1 Å². The topological polar surface area (TPSA) is 81.1 Å². The Bertz CT molecular complexity index is 221. The number of hydrogen-bond donors (Lipinski definition) is 3. The molecular weight excluding hydrogens is 214 g/mol. The van der Waals surface area contributed by atoms with Crippen LogP contribution >= 0.6 is 0 Å². The van der Waals surface area contributed by atoms with Gasteiger partial charge in [-0.3, -0.25) is 4.79 Å². The normalized spacial score (nSPS) is 23.9. The first-order valence-electron chi connectivity index (χ1n) is 6.97. The van der Waals surface area contributed by atoms with E-state index >= 15 is 0 Å². The Hall–Kier alpha value is -0.610. The molecule has 0 saturated heterocycles. The lowest BCUT2D eigenvalue weighted by Crippen LogP contribution is -2.39. The molecular formula is C13H27N3O. The van der Waals surface area contributed by atoms with E-state index in [4.69, 9.17) is 11.5 Å². The molecule has 100 valence electrons. The molecule has 0 spiro atoms. The van der Waals surface area contributed by atoms with Gasteiger partial charge in [-0.2, -0.15) is 0 Å². The molecule has 2 unspecified atom stereocenters. The molecule has 0 heterocycles. The van der Waals surface area contributed by atoms with Crippen LogP contribution in [0.5, 0.6) is 0 Å². The second kappa shape index (κ2) is 8.48. The standard InChI is InChI=1S/C13H27N3O/c14-9-4-2-1-3-8-13(17)16-12-7-5-6-11(12)10-15/h11-12H,1-10,14-15H2,(H,16,17). The van der Waals surface area contributed by atoms with Gasteiger partial charge in [-0.25, -0.2) is 0 Å². The monoisotopic (exact) mass is 241 g/mol. The van der Waals surface area contributed by atoms with Crippen LogP contribution in [0.15, 0.2) is 0 Å². The zero-order valence-electron chi connectivity index (χ0n) is 10.8. The van der Waals surface area contributed by atoms with E-state index in [1.54, 1.807) is 0 Å². The van der Waals surface area contributed by atoms with E-state index in [-0.39, 0.29) is 5.91 Å². The van der Waals surface area contributed by atoms with Crippen molar-refractivity contribution in [2.45, 2.75) is 57.4 Å². The summed E-state index contributed by atoms with van der Waals surface area (Å²) >= 11 is 0. The molecule has 5 N–H and O–H groups in total. The summed E-state index contributed by atoms with van der Waals surface area (Å²) in [5.41, 5.74) is 11.1. The summed E-state index contributed by atoms with van der Waals surface area (Å²) in [5.74, 6) is 0.694. The summed E-state index contributed by atoms with van der Waals surface area (Å²) in [7, 11) is 0. The van der Waals surface area contributed by atoms with E-state index in [1.165, 1.54) is 6.42 Å². The third-order valence-electron chi connectivity index (χ3n) is 3.67. The van der Waals surface area contributed by atoms with E-state index in [9.17, 15) is 4.79 Å². The molecule has 0 aliphatic heterocycles.